The molecule has 9 N–H and O–H groups in total. The average Bonchev–Trinajstić information content (AvgIpc) is 3.15. The van der Waals surface area contributed by atoms with Gasteiger partial charge in [0.05, 0.1) is 11.6 Å². The number of rotatable bonds is 22. The smallest absolute Gasteiger partial charge is 0.245 e. The number of piperidine rings is 1. The quantitative estimate of drug-likeness (QED) is 0.0699. The predicted molar refractivity (Wildman–Crippen MR) is 214 cm³/mol. The summed E-state index contributed by atoms with van der Waals surface area (Å²) in [6, 6.07) is 17.1. The molecule has 2 aromatic rings. The van der Waals surface area contributed by atoms with E-state index in [1.165, 1.54) is 0 Å². The van der Waals surface area contributed by atoms with Gasteiger partial charge in [0.25, 0.3) is 0 Å². The Balaban J connectivity index is 1.77. The molecule has 5 atom stereocenters. The van der Waals surface area contributed by atoms with Crippen molar-refractivity contribution in [1.82, 2.24) is 26.2 Å². The van der Waals surface area contributed by atoms with Gasteiger partial charge in [-0.2, -0.15) is 0 Å². The summed E-state index contributed by atoms with van der Waals surface area (Å²) in [7, 11) is 0. The van der Waals surface area contributed by atoms with Gasteiger partial charge in [0.15, 0.2) is 0 Å². The molecule has 53 heavy (non-hydrogen) atoms. The lowest BCUT2D eigenvalue weighted by Gasteiger charge is -2.40. The molecular formula is C42H67N7O4. The lowest BCUT2D eigenvalue weighted by molar-refractivity contribution is -0.139. The number of allylic oxidation sites excluding steroid dienone is 1. The fourth-order valence-corrected chi connectivity index (χ4v) is 6.88. The van der Waals surface area contributed by atoms with Crippen LogP contribution in [0.4, 0.5) is 0 Å². The lowest BCUT2D eigenvalue weighted by Crippen LogP contribution is -2.60. The van der Waals surface area contributed by atoms with E-state index in [-0.39, 0.29) is 41.5 Å². The fraction of sp³-hybridized carbons (Fsp3) is 0.595. The highest BCUT2D eigenvalue weighted by Crippen LogP contribution is 2.26. The molecule has 1 aliphatic heterocycles. The second-order valence-electron chi connectivity index (χ2n) is 15.2. The van der Waals surface area contributed by atoms with Crippen molar-refractivity contribution in [3.05, 3.63) is 83.6 Å². The van der Waals surface area contributed by atoms with Gasteiger partial charge in [0.2, 0.25) is 17.7 Å². The third-order valence-corrected chi connectivity index (χ3v) is 10.2. The minimum Gasteiger partial charge on any atom is -0.511 e. The van der Waals surface area contributed by atoms with E-state index >= 15 is 0 Å². The summed E-state index contributed by atoms with van der Waals surface area (Å²) in [4.78, 5) is 44.0. The summed E-state index contributed by atoms with van der Waals surface area (Å²) in [6.07, 6.45) is 7.05. The Bertz CT molecular complexity index is 1410. The highest BCUT2D eigenvalue weighted by molar-refractivity contribution is 5.93. The van der Waals surface area contributed by atoms with Crippen molar-refractivity contribution >= 4 is 17.7 Å². The van der Waals surface area contributed by atoms with Gasteiger partial charge in [0, 0.05) is 25.2 Å². The van der Waals surface area contributed by atoms with E-state index in [0.29, 0.717) is 51.6 Å². The normalized spacial score (nSPS) is 17.4. The summed E-state index contributed by atoms with van der Waals surface area (Å²) in [5, 5.41) is 23.4. The van der Waals surface area contributed by atoms with Crippen molar-refractivity contribution < 1.29 is 19.5 Å². The molecular weight excluding hydrogens is 667 g/mol. The highest BCUT2D eigenvalue weighted by Gasteiger charge is 2.38. The molecule has 1 aliphatic rings. The Morgan fingerprint density at radius 1 is 0.849 bits per heavy atom. The van der Waals surface area contributed by atoms with Crippen LogP contribution in [-0.2, 0) is 27.2 Å². The molecule has 0 bridgehead atoms. The number of nitrogens with one attached hydrogen (secondary N) is 4. The SMILES string of the molecule is C/C=C(\O)C1(N)CCN(C(=O)[C@@H](CCCCNCCC)NC(=O)[C@@H](CC(C)C)NC(=O)[C@@H](Cc2ccccc2)NC(C)[C@H](N)Cc2ccccc2)CC1. The van der Waals surface area contributed by atoms with Crippen LogP contribution in [0.2, 0.25) is 0 Å². The summed E-state index contributed by atoms with van der Waals surface area (Å²) in [6.45, 7) is 12.4. The number of hydrogen-bond acceptors (Lipinski definition) is 8. The van der Waals surface area contributed by atoms with Crippen molar-refractivity contribution in [2.45, 2.75) is 128 Å². The molecule has 294 valence electrons. The van der Waals surface area contributed by atoms with E-state index in [1.54, 1.807) is 17.9 Å². The first-order valence-corrected chi connectivity index (χ1v) is 19.7. The highest BCUT2D eigenvalue weighted by atomic mass is 16.3. The van der Waals surface area contributed by atoms with Crippen LogP contribution in [-0.4, -0.2) is 89.7 Å². The molecule has 0 saturated carbocycles. The average molecular weight is 734 g/mol. The van der Waals surface area contributed by atoms with Crippen LogP contribution in [0.1, 0.15) is 90.7 Å². The number of amides is 3. The largest absolute Gasteiger partial charge is 0.511 e. The molecule has 1 fully saturated rings. The topological polar surface area (TPSA) is 175 Å². The van der Waals surface area contributed by atoms with Crippen LogP contribution in [0.3, 0.4) is 0 Å². The Labute approximate surface area is 318 Å². The van der Waals surface area contributed by atoms with E-state index in [1.807, 2.05) is 81.4 Å². The van der Waals surface area contributed by atoms with E-state index in [4.69, 9.17) is 11.5 Å². The Hall–Kier alpha value is -3.77. The second kappa shape index (κ2) is 22.4. The number of hydrogen-bond donors (Lipinski definition) is 7. The molecule has 11 heteroatoms. The number of nitrogens with two attached hydrogens (primary N) is 2. The maximum atomic E-state index is 14.2. The van der Waals surface area contributed by atoms with Gasteiger partial charge in [-0.05, 0) is 108 Å². The van der Waals surface area contributed by atoms with Crippen molar-refractivity contribution in [3.8, 4) is 0 Å². The summed E-state index contributed by atoms with van der Waals surface area (Å²) >= 11 is 0. The first kappa shape index (κ1) is 43.6. The van der Waals surface area contributed by atoms with Crippen LogP contribution in [0.15, 0.2) is 72.5 Å². The maximum Gasteiger partial charge on any atom is 0.245 e. The molecule has 0 radical (unpaired) electrons. The van der Waals surface area contributed by atoms with Crippen molar-refractivity contribution in [2.24, 2.45) is 17.4 Å². The van der Waals surface area contributed by atoms with Gasteiger partial charge < -0.3 is 42.7 Å². The number of aliphatic hydroxyl groups is 1. The van der Waals surface area contributed by atoms with Crippen LogP contribution in [0.25, 0.3) is 0 Å². The number of unbranched alkanes of at least 4 members (excludes halogenated alkanes) is 1. The van der Waals surface area contributed by atoms with Gasteiger partial charge in [-0.25, -0.2) is 0 Å². The number of carbonyl (C=O) groups excluding carboxylic acids is 3. The molecule has 2 aromatic carbocycles. The van der Waals surface area contributed by atoms with E-state index in [9.17, 15) is 19.5 Å². The third kappa shape index (κ3) is 14.5. The van der Waals surface area contributed by atoms with Crippen LogP contribution >= 0.6 is 0 Å². The van der Waals surface area contributed by atoms with Crippen LogP contribution in [0.5, 0.6) is 0 Å². The summed E-state index contributed by atoms with van der Waals surface area (Å²) in [5.74, 6) is -0.603. The van der Waals surface area contributed by atoms with Crippen molar-refractivity contribution in [3.63, 3.8) is 0 Å². The molecule has 3 amide bonds. The standard InChI is InChI=1S/C42H67N7O4/c1-6-23-45-24-15-14-20-35(41(53)49-25-21-42(44,22-26-49)38(50)7-2)47-39(51)36(27-30(3)4)48-40(52)37(29-33-18-12-9-13-19-33)46-31(5)34(43)28-32-16-10-8-11-17-32/h7-13,16-19,30-31,34-37,45-46,50H,6,14-15,20-29,43-44H2,1-5H3,(H,47,51)(H,48,52)/b38-7-/t31?,34-,35-,36-,37-/m1/s1. The van der Waals surface area contributed by atoms with Crippen molar-refractivity contribution in [2.75, 3.05) is 26.2 Å². The zero-order valence-electron chi connectivity index (χ0n) is 32.8. The van der Waals surface area contributed by atoms with Gasteiger partial charge in [-0.3, -0.25) is 14.4 Å². The molecule has 11 nitrogen and oxygen atoms in total. The fourth-order valence-electron chi connectivity index (χ4n) is 6.88. The van der Waals surface area contributed by atoms with Crippen molar-refractivity contribution in [1.29, 1.82) is 0 Å². The Kier molecular flexibility index (Phi) is 18.5. The first-order chi connectivity index (χ1) is 25.4. The van der Waals surface area contributed by atoms with Crippen LogP contribution < -0.4 is 32.7 Å². The lowest BCUT2D eigenvalue weighted by atomic mass is 9.86. The van der Waals surface area contributed by atoms with Gasteiger partial charge >= 0.3 is 0 Å². The molecule has 0 aliphatic carbocycles. The minimum absolute atomic E-state index is 0.0997. The Morgan fingerprint density at radius 3 is 1.98 bits per heavy atom. The first-order valence-electron chi connectivity index (χ1n) is 19.7. The second-order valence-corrected chi connectivity index (χ2v) is 15.2. The molecule has 0 aromatic heterocycles. The molecule has 3 rings (SSSR count). The van der Waals surface area contributed by atoms with Gasteiger partial charge in [0.1, 0.15) is 17.8 Å². The van der Waals surface area contributed by atoms with Gasteiger partial charge in [-0.1, -0.05) is 81.4 Å². The summed E-state index contributed by atoms with van der Waals surface area (Å²) < 4.78 is 0. The maximum absolute atomic E-state index is 14.2. The monoisotopic (exact) mass is 734 g/mol. The number of benzene rings is 2. The van der Waals surface area contributed by atoms with Crippen LogP contribution in [0, 0.1) is 5.92 Å². The van der Waals surface area contributed by atoms with E-state index < -0.39 is 23.7 Å². The minimum atomic E-state index is -0.866. The molecule has 1 unspecified atom stereocenters. The Morgan fingerprint density at radius 2 is 1.42 bits per heavy atom. The zero-order valence-corrected chi connectivity index (χ0v) is 32.8. The molecule has 1 heterocycles. The zero-order chi connectivity index (χ0) is 38.8. The number of likely N-dealkylation sites (tertiary alicyclic amines) is 1. The summed E-state index contributed by atoms with van der Waals surface area (Å²) in [5.41, 5.74) is 14.4. The molecule has 0 spiro atoms. The van der Waals surface area contributed by atoms with Gasteiger partial charge in [-0.15, -0.1) is 0 Å². The van der Waals surface area contributed by atoms with E-state index in [0.717, 1.165) is 43.5 Å². The number of carbonyl (C=O) groups is 3. The molecule has 1 saturated heterocycles. The third-order valence-electron chi connectivity index (χ3n) is 10.2. The van der Waals surface area contributed by atoms with E-state index in [2.05, 4.69) is 28.2 Å². The predicted octanol–water partition coefficient (Wildman–Crippen LogP) is 4.11. The number of aliphatic hydroxyl groups excluding tert-OH is 1. The number of nitrogens with zero attached hydrogens (tertiary/aromatic N) is 1.